The van der Waals surface area contributed by atoms with Gasteiger partial charge in [-0.2, -0.15) is 0 Å². The van der Waals surface area contributed by atoms with Crippen LogP contribution in [0.5, 0.6) is 0 Å². The molecule has 98 valence electrons. The molecular weight excluding hydrogens is 360 g/mol. The summed E-state index contributed by atoms with van der Waals surface area (Å²) in [5.74, 6) is -0.0198. The Kier molecular flexibility index (Phi) is 5.21. The van der Waals surface area contributed by atoms with Crippen LogP contribution in [0.1, 0.15) is 23.2 Å². The van der Waals surface area contributed by atoms with Gasteiger partial charge in [-0.25, -0.2) is 0 Å². The summed E-state index contributed by atoms with van der Waals surface area (Å²) >= 11 is 6.78. The van der Waals surface area contributed by atoms with Gasteiger partial charge in [0.2, 0.25) is 0 Å². The molecule has 0 atom stereocenters. The molecule has 2 rings (SSSR count). The predicted octanol–water partition coefficient (Wildman–Crippen LogP) is 3.04. The molecule has 0 spiro atoms. The van der Waals surface area contributed by atoms with Gasteiger partial charge in [0.05, 0.1) is 5.56 Å². The minimum atomic E-state index is -0.0198. The van der Waals surface area contributed by atoms with Crippen LogP contribution in [0.2, 0.25) is 0 Å². The lowest BCUT2D eigenvalue weighted by Gasteiger charge is -2.15. The average molecular weight is 376 g/mol. The van der Waals surface area contributed by atoms with E-state index in [4.69, 9.17) is 0 Å². The summed E-state index contributed by atoms with van der Waals surface area (Å²) in [7, 11) is 0. The third kappa shape index (κ3) is 3.80. The number of rotatable bonds is 4. The summed E-state index contributed by atoms with van der Waals surface area (Å²) in [5.41, 5.74) is 0.680. The molecule has 1 amide bonds. The molecule has 1 heterocycles. The van der Waals surface area contributed by atoms with E-state index in [1.54, 1.807) is 0 Å². The Morgan fingerprint density at radius 1 is 1.28 bits per heavy atom. The van der Waals surface area contributed by atoms with Gasteiger partial charge in [0.25, 0.3) is 5.91 Å². The van der Waals surface area contributed by atoms with E-state index in [2.05, 4.69) is 42.1 Å². The fourth-order valence-corrected chi connectivity index (χ4v) is 3.33. The maximum absolute atomic E-state index is 12.0. The smallest absolute Gasteiger partial charge is 0.252 e. The summed E-state index contributed by atoms with van der Waals surface area (Å²) < 4.78 is 1.78. The first-order valence-corrected chi connectivity index (χ1v) is 7.71. The molecule has 1 aromatic rings. The number of hydrogen-bond acceptors (Lipinski definition) is 2. The van der Waals surface area contributed by atoms with E-state index in [-0.39, 0.29) is 5.91 Å². The molecule has 1 aromatic carbocycles. The fourth-order valence-electron chi connectivity index (χ4n) is 2.10. The van der Waals surface area contributed by atoms with Crippen molar-refractivity contribution in [2.24, 2.45) is 0 Å². The highest BCUT2D eigenvalue weighted by Gasteiger charge is 2.13. The van der Waals surface area contributed by atoms with E-state index < -0.39 is 0 Å². The molecule has 1 N–H and O–H groups in total. The molecule has 1 fully saturated rings. The number of hydrogen-bond donors (Lipinski definition) is 1. The second-order valence-electron chi connectivity index (χ2n) is 4.43. The fraction of sp³-hybridized carbons (Fsp3) is 0.462. The molecule has 3 nitrogen and oxygen atoms in total. The summed E-state index contributed by atoms with van der Waals surface area (Å²) in [6.45, 7) is 3.98. The van der Waals surface area contributed by atoms with Gasteiger partial charge in [-0.15, -0.1) is 0 Å². The Hall–Kier alpha value is -0.390. The zero-order valence-electron chi connectivity index (χ0n) is 10.1. The minimum Gasteiger partial charge on any atom is -0.351 e. The van der Waals surface area contributed by atoms with Crippen LogP contribution in [-0.2, 0) is 0 Å². The molecule has 0 saturated carbocycles. The SMILES string of the molecule is O=C(NCCN1CCCC1)c1ccc(Br)cc1Br. The van der Waals surface area contributed by atoms with Crippen molar-refractivity contribution in [1.29, 1.82) is 0 Å². The minimum absolute atomic E-state index is 0.0198. The summed E-state index contributed by atoms with van der Waals surface area (Å²) in [4.78, 5) is 14.4. The van der Waals surface area contributed by atoms with E-state index in [1.807, 2.05) is 18.2 Å². The van der Waals surface area contributed by atoms with Crippen molar-refractivity contribution in [2.45, 2.75) is 12.8 Å². The van der Waals surface area contributed by atoms with Crippen molar-refractivity contribution < 1.29 is 4.79 Å². The van der Waals surface area contributed by atoms with Gasteiger partial charge in [0, 0.05) is 22.0 Å². The zero-order chi connectivity index (χ0) is 13.0. The van der Waals surface area contributed by atoms with Crippen molar-refractivity contribution in [1.82, 2.24) is 10.2 Å². The zero-order valence-corrected chi connectivity index (χ0v) is 13.3. The molecule has 0 unspecified atom stereocenters. The van der Waals surface area contributed by atoms with Crippen LogP contribution in [0.15, 0.2) is 27.1 Å². The van der Waals surface area contributed by atoms with Crippen LogP contribution >= 0.6 is 31.9 Å². The van der Waals surface area contributed by atoms with Gasteiger partial charge in [-0.3, -0.25) is 4.79 Å². The largest absolute Gasteiger partial charge is 0.351 e. The van der Waals surface area contributed by atoms with E-state index in [9.17, 15) is 4.79 Å². The second kappa shape index (κ2) is 6.68. The Balaban J connectivity index is 1.83. The third-order valence-corrected chi connectivity index (χ3v) is 4.24. The maximum Gasteiger partial charge on any atom is 0.252 e. The van der Waals surface area contributed by atoms with Crippen molar-refractivity contribution in [3.63, 3.8) is 0 Å². The molecule has 1 saturated heterocycles. The number of likely N-dealkylation sites (tertiary alicyclic amines) is 1. The lowest BCUT2D eigenvalue weighted by Crippen LogP contribution is -2.33. The van der Waals surface area contributed by atoms with Crippen LogP contribution in [0.25, 0.3) is 0 Å². The predicted molar refractivity (Wildman–Crippen MR) is 79.8 cm³/mol. The van der Waals surface area contributed by atoms with Crippen molar-refractivity contribution in [2.75, 3.05) is 26.2 Å². The molecular formula is C13H16Br2N2O. The van der Waals surface area contributed by atoms with Gasteiger partial charge >= 0.3 is 0 Å². The molecule has 0 aliphatic carbocycles. The van der Waals surface area contributed by atoms with Crippen LogP contribution in [-0.4, -0.2) is 37.0 Å². The topological polar surface area (TPSA) is 32.3 Å². The number of benzene rings is 1. The molecule has 0 radical (unpaired) electrons. The lowest BCUT2D eigenvalue weighted by atomic mass is 10.2. The van der Waals surface area contributed by atoms with Crippen molar-refractivity contribution >= 4 is 37.8 Å². The monoisotopic (exact) mass is 374 g/mol. The van der Waals surface area contributed by atoms with Gasteiger partial charge in [0.15, 0.2) is 0 Å². The van der Waals surface area contributed by atoms with Gasteiger partial charge < -0.3 is 10.2 Å². The van der Waals surface area contributed by atoms with Crippen molar-refractivity contribution in [3.05, 3.63) is 32.7 Å². The molecule has 0 bridgehead atoms. The van der Waals surface area contributed by atoms with Gasteiger partial charge in [0.1, 0.15) is 0 Å². The second-order valence-corrected chi connectivity index (χ2v) is 6.20. The molecule has 5 heteroatoms. The van der Waals surface area contributed by atoms with Crippen LogP contribution in [0.4, 0.5) is 0 Å². The number of nitrogens with zero attached hydrogens (tertiary/aromatic N) is 1. The van der Waals surface area contributed by atoms with E-state index >= 15 is 0 Å². The van der Waals surface area contributed by atoms with Crippen LogP contribution in [0, 0.1) is 0 Å². The standard InChI is InChI=1S/C13H16Br2N2O/c14-10-3-4-11(12(15)9-10)13(18)16-5-8-17-6-1-2-7-17/h3-4,9H,1-2,5-8H2,(H,16,18). The first kappa shape index (κ1) is 14.0. The molecule has 1 aliphatic rings. The normalized spacial score (nSPS) is 15.9. The maximum atomic E-state index is 12.0. The molecule has 18 heavy (non-hydrogen) atoms. The number of amides is 1. The van der Waals surface area contributed by atoms with Crippen LogP contribution < -0.4 is 5.32 Å². The Morgan fingerprint density at radius 2 is 2.00 bits per heavy atom. The molecule has 1 aliphatic heterocycles. The number of carbonyl (C=O) groups excluding carboxylic acids is 1. The Morgan fingerprint density at radius 3 is 2.67 bits per heavy atom. The van der Waals surface area contributed by atoms with E-state index in [1.165, 1.54) is 12.8 Å². The Bertz CT molecular complexity index is 431. The first-order valence-electron chi connectivity index (χ1n) is 6.12. The number of halogens is 2. The summed E-state index contributed by atoms with van der Waals surface area (Å²) in [6, 6.07) is 5.58. The van der Waals surface area contributed by atoms with E-state index in [0.29, 0.717) is 12.1 Å². The van der Waals surface area contributed by atoms with Crippen LogP contribution in [0.3, 0.4) is 0 Å². The van der Waals surface area contributed by atoms with Gasteiger partial charge in [-0.05, 0) is 60.1 Å². The highest BCUT2D eigenvalue weighted by atomic mass is 79.9. The molecule has 0 aromatic heterocycles. The highest BCUT2D eigenvalue weighted by molar-refractivity contribution is 9.11. The highest BCUT2D eigenvalue weighted by Crippen LogP contribution is 2.21. The van der Waals surface area contributed by atoms with Crippen molar-refractivity contribution in [3.8, 4) is 0 Å². The Labute approximate surface area is 124 Å². The average Bonchev–Trinajstić information content (AvgIpc) is 2.81. The summed E-state index contributed by atoms with van der Waals surface area (Å²) in [5, 5.41) is 2.96. The van der Waals surface area contributed by atoms with Gasteiger partial charge in [-0.1, -0.05) is 15.9 Å². The number of nitrogens with one attached hydrogen (secondary N) is 1. The number of carbonyl (C=O) groups is 1. The first-order chi connectivity index (χ1) is 8.66. The lowest BCUT2D eigenvalue weighted by molar-refractivity contribution is 0.0949. The van der Waals surface area contributed by atoms with E-state index in [0.717, 1.165) is 28.6 Å². The summed E-state index contributed by atoms with van der Waals surface area (Å²) in [6.07, 6.45) is 2.57. The quantitative estimate of drug-likeness (QED) is 0.877. The third-order valence-electron chi connectivity index (χ3n) is 3.09.